The molecule has 0 radical (unpaired) electrons. The first kappa shape index (κ1) is 24.3. The normalized spacial score (nSPS) is 28.4. The second-order valence-corrected chi connectivity index (χ2v) is 10.1. The molecule has 0 saturated carbocycles. The maximum Gasteiger partial charge on any atom is 0.228 e. The van der Waals surface area contributed by atoms with Crippen LogP contribution in [0.15, 0.2) is 67.0 Å². The Morgan fingerprint density at radius 3 is 2.25 bits per heavy atom. The lowest BCUT2D eigenvalue weighted by molar-refractivity contribution is -0.152. The molecule has 2 aromatic carbocycles. The zero-order valence-electron chi connectivity index (χ0n) is 20.4. The summed E-state index contributed by atoms with van der Waals surface area (Å²) in [5, 5.41) is 11.7. The molecule has 36 heavy (non-hydrogen) atoms. The van der Waals surface area contributed by atoms with Gasteiger partial charge in [-0.1, -0.05) is 50.2 Å². The summed E-state index contributed by atoms with van der Waals surface area (Å²) >= 11 is 0. The number of carbonyl (C=O) groups excluding carboxylic acids is 1. The molecule has 1 unspecified atom stereocenters. The van der Waals surface area contributed by atoms with Crippen LogP contribution in [-0.4, -0.2) is 52.1 Å². The average molecular weight is 493 g/mol. The second kappa shape index (κ2) is 9.58. The lowest BCUT2D eigenvalue weighted by Gasteiger charge is -2.48. The fourth-order valence-corrected chi connectivity index (χ4v) is 5.98. The Labute approximate surface area is 209 Å². The molecule has 3 heterocycles. The number of likely N-dealkylation sites (tertiary alicyclic amines) is 1. The van der Waals surface area contributed by atoms with Gasteiger partial charge in [-0.25, -0.2) is 18.7 Å². The Morgan fingerprint density at radius 1 is 0.944 bits per heavy atom. The number of piperidine rings is 1. The lowest BCUT2D eigenvalue weighted by atomic mass is 9.70. The van der Waals surface area contributed by atoms with Gasteiger partial charge in [0.2, 0.25) is 11.9 Å². The fraction of sp³-hybridized carbons (Fsp3) is 0.393. The van der Waals surface area contributed by atoms with Gasteiger partial charge in [0.1, 0.15) is 11.6 Å². The quantitative estimate of drug-likeness (QED) is 0.597. The molecule has 2 aliphatic rings. The third kappa shape index (κ3) is 4.23. The van der Waals surface area contributed by atoms with Gasteiger partial charge in [0, 0.05) is 62.4 Å². The van der Waals surface area contributed by atoms with Crippen molar-refractivity contribution in [2.45, 2.75) is 25.4 Å². The molecule has 0 bridgehead atoms. The third-order valence-corrected chi connectivity index (χ3v) is 7.87. The zero-order chi connectivity index (χ0) is 25.4. The summed E-state index contributed by atoms with van der Waals surface area (Å²) in [6.07, 6.45) is 3.26. The van der Waals surface area contributed by atoms with E-state index in [-0.39, 0.29) is 17.7 Å². The number of nitrogens with zero attached hydrogens (tertiary/aromatic N) is 4. The van der Waals surface area contributed by atoms with Gasteiger partial charge in [0.05, 0.1) is 11.5 Å². The number of halogens is 2. The molecule has 2 fully saturated rings. The minimum absolute atomic E-state index is 0.101. The molecule has 1 aromatic heterocycles. The Bertz CT molecular complexity index is 1210. The van der Waals surface area contributed by atoms with Crippen molar-refractivity contribution in [1.82, 2.24) is 14.9 Å². The Kier molecular flexibility index (Phi) is 6.47. The van der Waals surface area contributed by atoms with Gasteiger partial charge >= 0.3 is 0 Å². The van der Waals surface area contributed by atoms with Crippen molar-refractivity contribution < 1.29 is 18.7 Å². The van der Waals surface area contributed by atoms with Crippen LogP contribution in [0.2, 0.25) is 0 Å². The summed E-state index contributed by atoms with van der Waals surface area (Å²) in [5.74, 6) is -2.40. The summed E-state index contributed by atoms with van der Waals surface area (Å²) in [7, 11) is 0. The maximum absolute atomic E-state index is 14.9. The van der Waals surface area contributed by atoms with Crippen LogP contribution < -0.4 is 4.90 Å². The van der Waals surface area contributed by atoms with Crippen molar-refractivity contribution in [2.24, 2.45) is 17.8 Å². The molecule has 6 nitrogen and oxygen atoms in total. The summed E-state index contributed by atoms with van der Waals surface area (Å²) in [6.45, 7) is 5.34. The number of rotatable bonds is 4. The maximum atomic E-state index is 14.9. The van der Waals surface area contributed by atoms with Gasteiger partial charge in [-0.15, -0.1) is 0 Å². The van der Waals surface area contributed by atoms with E-state index in [0.29, 0.717) is 37.7 Å². The predicted octanol–water partition coefficient (Wildman–Crippen LogP) is 3.98. The van der Waals surface area contributed by atoms with Crippen LogP contribution in [0.3, 0.4) is 0 Å². The highest BCUT2D eigenvalue weighted by Crippen LogP contribution is 2.43. The average Bonchev–Trinajstić information content (AvgIpc) is 3.32. The molecular formula is C28H30F2N4O2. The van der Waals surface area contributed by atoms with Crippen molar-refractivity contribution >= 4 is 11.9 Å². The monoisotopic (exact) mass is 492 g/mol. The van der Waals surface area contributed by atoms with E-state index in [9.17, 15) is 18.7 Å². The summed E-state index contributed by atoms with van der Waals surface area (Å²) in [4.78, 5) is 26.3. The van der Waals surface area contributed by atoms with E-state index in [1.165, 1.54) is 12.1 Å². The van der Waals surface area contributed by atoms with Crippen LogP contribution in [0.1, 0.15) is 30.9 Å². The number of anilines is 1. The van der Waals surface area contributed by atoms with Crippen molar-refractivity contribution in [3.63, 3.8) is 0 Å². The Morgan fingerprint density at radius 2 is 1.61 bits per heavy atom. The Balaban J connectivity index is 1.43. The number of aromatic nitrogens is 2. The van der Waals surface area contributed by atoms with E-state index in [1.54, 1.807) is 23.4 Å². The molecule has 1 N–H and O–H groups in total. The smallest absolute Gasteiger partial charge is 0.228 e. The van der Waals surface area contributed by atoms with Crippen LogP contribution >= 0.6 is 0 Å². The zero-order valence-corrected chi connectivity index (χ0v) is 20.4. The van der Waals surface area contributed by atoms with E-state index in [1.807, 2.05) is 49.1 Å². The van der Waals surface area contributed by atoms with Crippen molar-refractivity contribution in [3.05, 3.63) is 89.8 Å². The van der Waals surface area contributed by atoms with Crippen LogP contribution in [0.4, 0.5) is 14.7 Å². The van der Waals surface area contributed by atoms with Gasteiger partial charge in [-0.05, 0) is 23.3 Å². The van der Waals surface area contributed by atoms with E-state index >= 15 is 0 Å². The Hall–Kier alpha value is -3.39. The number of hydrogen-bond acceptors (Lipinski definition) is 5. The molecule has 8 heteroatoms. The number of carbonyl (C=O) groups is 1. The predicted molar refractivity (Wildman–Crippen MR) is 132 cm³/mol. The molecule has 5 rings (SSSR count). The van der Waals surface area contributed by atoms with E-state index in [2.05, 4.69) is 9.97 Å². The third-order valence-electron chi connectivity index (χ3n) is 7.87. The van der Waals surface area contributed by atoms with Crippen molar-refractivity contribution in [1.29, 1.82) is 0 Å². The molecule has 3 aromatic rings. The van der Waals surface area contributed by atoms with E-state index in [0.717, 1.165) is 11.6 Å². The van der Waals surface area contributed by atoms with Gasteiger partial charge in [-0.2, -0.15) is 0 Å². The van der Waals surface area contributed by atoms with Crippen LogP contribution in [0, 0.1) is 29.4 Å². The molecule has 0 aliphatic carbocycles. The first-order valence-electron chi connectivity index (χ1n) is 12.3. The number of hydrogen-bond donors (Lipinski definition) is 1. The molecule has 2 aliphatic heterocycles. The highest BCUT2D eigenvalue weighted by Gasteiger charge is 2.49. The second-order valence-electron chi connectivity index (χ2n) is 10.1. The fourth-order valence-electron chi connectivity index (χ4n) is 5.98. The standard InChI is InChI=1S/C28H30F2N4O2/c1-18-14-33(15-19(2)28(18,36)20-7-4-3-5-8-20)26(35)24-17-34(27-31-11-6-12-32-27)16-23(24)22-10-9-21(29)13-25(22)30/h3-13,18-19,23-24,36H,14-17H2,1-2H3/t18-,19+,23-,24+,28?/m0/s1. The molecule has 0 spiro atoms. The number of amides is 1. The van der Waals surface area contributed by atoms with Crippen molar-refractivity contribution in [2.75, 3.05) is 31.1 Å². The van der Waals surface area contributed by atoms with Crippen molar-refractivity contribution in [3.8, 4) is 0 Å². The molecule has 1 amide bonds. The summed E-state index contributed by atoms with van der Waals surface area (Å²) in [6, 6.07) is 14.8. The van der Waals surface area contributed by atoms with Gasteiger partial charge in [-0.3, -0.25) is 4.79 Å². The van der Waals surface area contributed by atoms with Crippen LogP contribution in [0.5, 0.6) is 0 Å². The highest BCUT2D eigenvalue weighted by molar-refractivity contribution is 5.82. The minimum Gasteiger partial charge on any atom is -0.384 e. The topological polar surface area (TPSA) is 69.6 Å². The molecule has 5 atom stereocenters. The number of aliphatic hydroxyl groups is 1. The largest absolute Gasteiger partial charge is 0.384 e. The highest BCUT2D eigenvalue weighted by atomic mass is 19.1. The molecule has 188 valence electrons. The van der Waals surface area contributed by atoms with Crippen LogP contribution in [-0.2, 0) is 10.4 Å². The molecular weight excluding hydrogens is 462 g/mol. The van der Waals surface area contributed by atoms with E-state index < -0.39 is 29.1 Å². The summed E-state index contributed by atoms with van der Waals surface area (Å²) < 4.78 is 28.5. The first-order valence-corrected chi connectivity index (χ1v) is 12.3. The van der Waals surface area contributed by atoms with E-state index in [4.69, 9.17) is 0 Å². The van der Waals surface area contributed by atoms with Crippen LogP contribution in [0.25, 0.3) is 0 Å². The SMILES string of the molecule is C[C@@H]1CN(C(=O)[C@@H]2CN(c3ncccn3)C[C@H]2c2ccc(F)cc2F)C[C@H](C)C1(O)c1ccccc1. The first-order chi connectivity index (χ1) is 17.3. The lowest BCUT2D eigenvalue weighted by Crippen LogP contribution is -2.57. The van der Waals surface area contributed by atoms with Gasteiger partial charge in [0.25, 0.3) is 0 Å². The van der Waals surface area contributed by atoms with Gasteiger partial charge < -0.3 is 14.9 Å². The minimum atomic E-state index is -1.06. The molecule has 2 saturated heterocycles. The number of benzene rings is 2. The summed E-state index contributed by atoms with van der Waals surface area (Å²) in [5.41, 5.74) is 0.101. The van der Waals surface area contributed by atoms with Gasteiger partial charge in [0.15, 0.2) is 0 Å².